The highest BCUT2D eigenvalue weighted by Gasteiger charge is 2.13. The van der Waals surface area contributed by atoms with Crippen molar-refractivity contribution in [1.82, 2.24) is 0 Å². The molecule has 1 heterocycles. The first-order chi connectivity index (χ1) is 1.89. The molecular weight excluding hydrogens is 64.1 g/mol. The first-order valence-corrected chi connectivity index (χ1v) is 3.71. The molecule has 0 nitrogen and oxygen atoms in total. The Balaban J connectivity index is 2.17. The smallest absolute Gasteiger partial charge is 0.0224 e. The maximum Gasteiger partial charge on any atom is 0.0224 e. The molecule has 4 heavy (non-hydrogen) atoms. The van der Waals surface area contributed by atoms with E-state index in [2.05, 4.69) is 6.92 Å². The van der Waals surface area contributed by atoms with Crippen molar-refractivity contribution in [2.24, 2.45) is 0 Å². The van der Waals surface area contributed by atoms with Crippen LogP contribution in [0.25, 0.3) is 0 Å². The maximum atomic E-state index is 2.34. The van der Waals surface area contributed by atoms with Gasteiger partial charge < -0.3 is 0 Å². The van der Waals surface area contributed by atoms with Gasteiger partial charge in [0, 0.05) is 9.52 Å². The molecule has 0 aromatic rings. The average Bonchev–Trinajstić information content (AvgIpc) is 1.75. The van der Waals surface area contributed by atoms with Crippen LogP contribution < -0.4 is 0 Å². The van der Waals surface area contributed by atoms with Crippen LogP contribution in [0.4, 0.5) is 0 Å². The molecule has 0 aliphatic carbocycles. The standard InChI is InChI=1S/C3H8Si/c1-3-2-4-3/h3H,2,4H2,1H3. The Morgan fingerprint density at radius 1 is 2.00 bits per heavy atom. The van der Waals surface area contributed by atoms with E-state index < -0.39 is 0 Å². The molecule has 0 bridgehead atoms. The van der Waals surface area contributed by atoms with E-state index >= 15 is 0 Å². The van der Waals surface area contributed by atoms with E-state index in [1.54, 1.807) is 6.04 Å². The van der Waals surface area contributed by atoms with Gasteiger partial charge in [0.05, 0.1) is 0 Å². The third kappa shape index (κ3) is 0.317. The predicted octanol–water partition coefficient (Wildman–Crippen LogP) is 0.396. The monoisotopic (exact) mass is 72.0 g/mol. The average molecular weight is 72.2 g/mol. The zero-order chi connectivity index (χ0) is 2.99. The minimum atomic E-state index is 0.591. The number of hydrogen-bond donors (Lipinski definition) is 0. The second-order valence-electron chi connectivity index (χ2n) is 1.68. The first kappa shape index (κ1) is 2.45. The molecule has 1 aliphatic heterocycles. The molecule has 0 radical (unpaired) electrons. The quantitative estimate of drug-likeness (QED) is 0.363. The van der Waals surface area contributed by atoms with E-state index in [0.717, 1.165) is 0 Å². The lowest BCUT2D eigenvalue weighted by atomic mass is 10.6. The Labute approximate surface area is 29.0 Å². The lowest BCUT2D eigenvalue weighted by Crippen LogP contribution is -1.41. The second-order valence-corrected chi connectivity index (χ2v) is 4.23. The van der Waals surface area contributed by atoms with Crippen molar-refractivity contribution in [1.29, 1.82) is 0 Å². The molecule has 0 amide bonds. The molecule has 1 rings (SSSR count). The van der Waals surface area contributed by atoms with E-state index in [1.807, 2.05) is 0 Å². The Morgan fingerprint density at radius 3 is 2.25 bits per heavy atom. The van der Waals surface area contributed by atoms with Gasteiger partial charge in [0.25, 0.3) is 0 Å². The minimum absolute atomic E-state index is 0.591. The first-order valence-electron chi connectivity index (χ1n) is 1.89. The lowest BCUT2D eigenvalue weighted by Gasteiger charge is -1.53. The SMILES string of the molecule is CC1C[SiH2]1. The van der Waals surface area contributed by atoms with Crippen LogP contribution in [0.1, 0.15) is 6.92 Å². The summed E-state index contributed by atoms with van der Waals surface area (Å²) in [5, 5.41) is 0. The van der Waals surface area contributed by atoms with Crippen molar-refractivity contribution < 1.29 is 0 Å². The number of rotatable bonds is 0. The zero-order valence-electron chi connectivity index (χ0n) is 2.99. The highest BCUT2D eigenvalue weighted by atomic mass is 28.2. The van der Waals surface area contributed by atoms with Gasteiger partial charge in [-0.25, -0.2) is 0 Å². The van der Waals surface area contributed by atoms with Crippen LogP contribution in [-0.4, -0.2) is 9.52 Å². The van der Waals surface area contributed by atoms with E-state index in [0.29, 0.717) is 9.52 Å². The Hall–Kier alpha value is 0.217. The summed E-state index contributed by atoms with van der Waals surface area (Å²) in [6.07, 6.45) is 0. The summed E-state index contributed by atoms with van der Waals surface area (Å²) < 4.78 is 0. The molecule has 24 valence electrons. The van der Waals surface area contributed by atoms with Crippen LogP contribution in [0.3, 0.4) is 0 Å². The summed E-state index contributed by atoms with van der Waals surface area (Å²) >= 11 is 0. The minimum Gasteiger partial charge on any atom is -0.0657 e. The van der Waals surface area contributed by atoms with Gasteiger partial charge in [-0.1, -0.05) is 18.5 Å². The fourth-order valence-corrected chi connectivity index (χ4v) is 0.500. The van der Waals surface area contributed by atoms with E-state index in [1.165, 1.54) is 5.54 Å². The molecule has 1 saturated heterocycles. The number of hydrogen-bond acceptors (Lipinski definition) is 0. The highest BCUT2D eigenvalue weighted by molar-refractivity contribution is 6.50. The molecule has 0 N–H and O–H groups in total. The molecule has 1 aliphatic rings. The zero-order valence-corrected chi connectivity index (χ0v) is 4.41. The normalized spacial score (nSPS) is 45.8. The van der Waals surface area contributed by atoms with Crippen LogP contribution in [-0.2, 0) is 0 Å². The van der Waals surface area contributed by atoms with Crippen LogP contribution in [0.2, 0.25) is 11.6 Å². The molecule has 1 unspecified atom stereocenters. The van der Waals surface area contributed by atoms with Gasteiger partial charge in [-0.15, -0.1) is 0 Å². The van der Waals surface area contributed by atoms with Gasteiger partial charge in [0.1, 0.15) is 0 Å². The second kappa shape index (κ2) is 0.581. The van der Waals surface area contributed by atoms with Gasteiger partial charge in [-0.2, -0.15) is 0 Å². The van der Waals surface area contributed by atoms with Gasteiger partial charge in [-0.3, -0.25) is 0 Å². The third-order valence-electron chi connectivity index (χ3n) is 0.866. The van der Waals surface area contributed by atoms with Crippen LogP contribution in [0.5, 0.6) is 0 Å². The summed E-state index contributed by atoms with van der Waals surface area (Å²) in [6.45, 7) is 2.34. The van der Waals surface area contributed by atoms with E-state index in [4.69, 9.17) is 0 Å². The summed E-state index contributed by atoms with van der Waals surface area (Å²) in [5.74, 6) is 0. The summed E-state index contributed by atoms with van der Waals surface area (Å²) in [5.41, 5.74) is 1.22. The molecular formula is C3H8Si. The predicted molar refractivity (Wildman–Crippen MR) is 22.8 cm³/mol. The molecule has 0 aromatic carbocycles. The fourth-order valence-electron chi connectivity index (χ4n) is 0.167. The molecule has 1 atom stereocenters. The third-order valence-corrected chi connectivity index (χ3v) is 2.60. The molecule has 0 aromatic heterocycles. The van der Waals surface area contributed by atoms with Gasteiger partial charge in [0.2, 0.25) is 0 Å². The maximum absolute atomic E-state index is 2.34. The summed E-state index contributed by atoms with van der Waals surface area (Å²) in [4.78, 5) is 0. The van der Waals surface area contributed by atoms with Crippen molar-refractivity contribution in [2.45, 2.75) is 18.5 Å². The summed E-state index contributed by atoms with van der Waals surface area (Å²) in [6, 6.07) is 1.62. The molecule has 0 saturated carbocycles. The van der Waals surface area contributed by atoms with E-state index in [9.17, 15) is 0 Å². The van der Waals surface area contributed by atoms with E-state index in [-0.39, 0.29) is 0 Å². The molecule has 0 spiro atoms. The van der Waals surface area contributed by atoms with Gasteiger partial charge >= 0.3 is 0 Å². The van der Waals surface area contributed by atoms with Crippen molar-refractivity contribution in [3.8, 4) is 0 Å². The highest BCUT2D eigenvalue weighted by Crippen LogP contribution is 2.24. The summed E-state index contributed by atoms with van der Waals surface area (Å²) in [7, 11) is 0.591. The lowest BCUT2D eigenvalue weighted by molar-refractivity contribution is 1.21. The van der Waals surface area contributed by atoms with Crippen molar-refractivity contribution in [3.05, 3.63) is 0 Å². The van der Waals surface area contributed by atoms with Crippen molar-refractivity contribution in [3.63, 3.8) is 0 Å². The Kier molecular flexibility index (Phi) is 0.356. The van der Waals surface area contributed by atoms with Crippen molar-refractivity contribution in [2.75, 3.05) is 0 Å². The Bertz CT molecular complexity index is 22.5. The molecule has 1 fully saturated rings. The largest absolute Gasteiger partial charge is 0.0657 e. The molecule has 1 heteroatoms. The Morgan fingerprint density at radius 2 is 2.25 bits per heavy atom. The van der Waals surface area contributed by atoms with Gasteiger partial charge in [-0.05, 0) is 0 Å². The van der Waals surface area contributed by atoms with Gasteiger partial charge in [0.15, 0.2) is 0 Å². The fraction of sp³-hybridized carbons (Fsp3) is 1.00. The van der Waals surface area contributed by atoms with Crippen LogP contribution in [0, 0.1) is 0 Å². The van der Waals surface area contributed by atoms with Crippen molar-refractivity contribution >= 4 is 9.52 Å². The van der Waals surface area contributed by atoms with Crippen LogP contribution >= 0.6 is 0 Å². The topological polar surface area (TPSA) is 0 Å². The van der Waals surface area contributed by atoms with Crippen LogP contribution in [0.15, 0.2) is 0 Å².